The second-order valence-corrected chi connectivity index (χ2v) is 5.01. The third-order valence-electron chi connectivity index (χ3n) is 3.39. The Balaban J connectivity index is 2.44. The van der Waals surface area contributed by atoms with E-state index in [9.17, 15) is 0 Å². The van der Waals surface area contributed by atoms with E-state index in [0.29, 0.717) is 12.5 Å². The van der Waals surface area contributed by atoms with Crippen molar-refractivity contribution in [1.29, 1.82) is 0 Å². The highest BCUT2D eigenvalue weighted by Gasteiger charge is 2.06. The highest BCUT2D eigenvalue weighted by Crippen LogP contribution is 2.28. The van der Waals surface area contributed by atoms with Gasteiger partial charge in [-0.1, -0.05) is 44.2 Å². The third kappa shape index (κ3) is 2.96. The van der Waals surface area contributed by atoms with Gasteiger partial charge in [0, 0.05) is 12.1 Å². The Labute approximate surface area is 115 Å². The minimum absolute atomic E-state index is 0.487. The summed E-state index contributed by atoms with van der Waals surface area (Å²) in [6.45, 7) is 4.90. The third-order valence-corrected chi connectivity index (χ3v) is 3.39. The van der Waals surface area contributed by atoms with Gasteiger partial charge in [-0.25, -0.2) is 0 Å². The Morgan fingerprint density at radius 3 is 2.42 bits per heavy atom. The van der Waals surface area contributed by atoms with Gasteiger partial charge < -0.3 is 10.5 Å². The van der Waals surface area contributed by atoms with E-state index in [0.717, 1.165) is 11.3 Å². The summed E-state index contributed by atoms with van der Waals surface area (Å²) in [6, 6.07) is 14.8. The van der Waals surface area contributed by atoms with Gasteiger partial charge in [-0.15, -0.1) is 0 Å². The van der Waals surface area contributed by atoms with Crippen LogP contribution in [0.25, 0.3) is 11.1 Å². The second kappa shape index (κ2) is 5.89. The van der Waals surface area contributed by atoms with Crippen molar-refractivity contribution in [2.24, 2.45) is 5.73 Å². The summed E-state index contributed by atoms with van der Waals surface area (Å²) < 4.78 is 5.31. The monoisotopic (exact) mass is 255 g/mol. The normalized spacial score (nSPS) is 10.8. The maximum atomic E-state index is 5.77. The van der Waals surface area contributed by atoms with Crippen LogP contribution in [0.15, 0.2) is 42.5 Å². The van der Waals surface area contributed by atoms with E-state index >= 15 is 0 Å². The van der Waals surface area contributed by atoms with Crippen molar-refractivity contribution in [1.82, 2.24) is 0 Å². The Morgan fingerprint density at radius 1 is 1.05 bits per heavy atom. The molecule has 19 heavy (non-hydrogen) atoms. The quantitative estimate of drug-likeness (QED) is 0.898. The first-order valence-electron chi connectivity index (χ1n) is 6.63. The SMILES string of the molecule is COc1ccc(-c2cccc(C(C)C)c2)cc1CN. The number of hydrogen-bond donors (Lipinski definition) is 1. The van der Waals surface area contributed by atoms with E-state index in [1.807, 2.05) is 6.07 Å². The van der Waals surface area contributed by atoms with Gasteiger partial charge in [-0.05, 0) is 34.7 Å². The number of benzene rings is 2. The fourth-order valence-electron chi connectivity index (χ4n) is 2.20. The fraction of sp³-hybridized carbons (Fsp3) is 0.294. The van der Waals surface area contributed by atoms with E-state index in [1.165, 1.54) is 16.7 Å². The van der Waals surface area contributed by atoms with Crippen molar-refractivity contribution in [3.05, 3.63) is 53.6 Å². The molecule has 0 saturated carbocycles. The molecule has 0 spiro atoms. The van der Waals surface area contributed by atoms with Gasteiger partial charge in [0.25, 0.3) is 0 Å². The molecular formula is C17H21NO. The topological polar surface area (TPSA) is 35.2 Å². The molecule has 0 radical (unpaired) electrons. The fourth-order valence-corrected chi connectivity index (χ4v) is 2.20. The molecule has 2 rings (SSSR count). The van der Waals surface area contributed by atoms with Crippen LogP contribution in [0.5, 0.6) is 5.75 Å². The highest BCUT2D eigenvalue weighted by molar-refractivity contribution is 5.66. The first-order valence-corrected chi connectivity index (χ1v) is 6.63. The van der Waals surface area contributed by atoms with Crippen LogP contribution in [0, 0.1) is 0 Å². The van der Waals surface area contributed by atoms with Crippen LogP contribution >= 0.6 is 0 Å². The van der Waals surface area contributed by atoms with Crippen LogP contribution in [0.2, 0.25) is 0 Å². The van der Waals surface area contributed by atoms with E-state index in [4.69, 9.17) is 10.5 Å². The molecule has 0 aliphatic heterocycles. The van der Waals surface area contributed by atoms with Crippen LogP contribution in [0.1, 0.15) is 30.9 Å². The Morgan fingerprint density at radius 2 is 1.79 bits per heavy atom. The van der Waals surface area contributed by atoms with Crippen molar-refractivity contribution in [3.63, 3.8) is 0 Å². The van der Waals surface area contributed by atoms with Crippen molar-refractivity contribution in [2.45, 2.75) is 26.3 Å². The van der Waals surface area contributed by atoms with Crippen LogP contribution in [-0.2, 0) is 6.54 Å². The second-order valence-electron chi connectivity index (χ2n) is 5.01. The van der Waals surface area contributed by atoms with E-state index < -0.39 is 0 Å². The van der Waals surface area contributed by atoms with E-state index in [-0.39, 0.29) is 0 Å². The summed E-state index contributed by atoms with van der Waals surface area (Å²) in [4.78, 5) is 0. The van der Waals surface area contributed by atoms with Gasteiger partial charge in [0.05, 0.1) is 7.11 Å². The van der Waals surface area contributed by atoms with Crippen LogP contribution in [0.3, 0.4) is 0 Å². The van der Waals surface area contributed by atoms with Gasteiger partial charge in [0.2, 0.25) is 0 Å². The van der Waals surface area contributed by atoms with Crippen molar-refractivity contribution >= 4 is 0 Å². The van der Waals surface area contributed by atoms with Gasteiger partial charge in [0.15, 0.2) is 0 Å². The Hall–Kier alpha value is -1.80. The molecule has 0 fully saturated rings. The molecule has 2 heteroatoms. The van der Waals surface area contributed by atoms with Crippen LogP contribution in [0.4, 0.5) is 0 Å². The van der Waals surface area contributed by atoms with Crippen molar-refractivity contribution in [3.8, 4) is 16.9 Å². The summed E-state index contributed by atoms with van der Waals surface area (Å²) in [5.41, 5.74) is 10.6. The molecule has 0 saturated heterocycles. The van der Waals surface area contributed by atoms with Gasteiger partial charge >= 0.3 is 0 Å². The summed E-state index contributed by atoms with van der Waals surface area (Å²) in [5.74, 6) is 1.39. The zero-order valence-electron chi connectivity index (χ0n) is 11.8. The predicted molar refractivity (Wildman–Crippen MR) is 80.4 cm³/mol. The maximum absolute atomic E-state index is 5.77. The zero-order chi connectivity index (χ0) is 13.8. The number of ether oxygens (including phenoxy) is 1. The molecule has 0 heterocycles. The first-order chi connectivity index (χ1) is 9.15. The highest BCUT2D eigenvalue weighted by atomic mass is 16.5. The molecule has 2 nitrogen and oxygen atoms in total. The number of nitrogens with two attached hydrogens (primary N) is 1. The lowest BCUT2D eigenvalue weighted by Crippen LogP contribution is -2.00. The Bertz CT molecular complexity index is 561. The summed E-state index contributed by atoms with van der Waals surface area (Å²) >= 11 is 0. The summed E-state index contributed by atoms with van der Waals surface area (Å²) in [5, 5.41) is 0. The van der Waals surface area contributed by atoms with E-state index in [2.05, 4.69) is 50.2 Å². The van der Waals surface area contributed by atoms with Gasteiger partial charge in [0.1, 0.15) is 5.75 Å². The molecule has 0 atom stereocenters. The standard InChI is InChI=1S/C17H21NO/c1-12(2)13-5-4-6-14(9-13)15-7-8-17(19-3)16(10-15)11-18/h4-10,12H,11,18H2,1-3H3. The molecule has 0 amide bonds. The maximum Gasteiger partial charge on any atom is 0.123 e. The molecule has 0 aliphatic rings. The molecule has 0 unspecified atom stereocenters. The zero-order valence-corrected chi connectivity index (χ0v) is 11.8. The number of hydrogen-bond acceptors (Lipinski definition) is 2. The summed E-state index contributed by atoms with van der Waals surface area (Å²) in [6.07, 6.45) is 0. The number of rotatable bonds is 4. The first kappa shape index (κ1) is 13.6. The molecule has 2 aromatic carbocycles. The van der Waals surface area contributed by atoms with Gasteiger partial charge in [-0.2, -0.15) is 0 Å². The minimum Gasteiger partial charge on any atom is -0.496 e. The smallest absolute Gasteiger partial charge is 0.123 e. The van der Waals surface area contributed by atoms with E-state index in [1.54, 1.807) is 7.11 Å². The Kier molecular flexibility index (Phi) is 4.23. The number of methoxy groups -OCH3 is 1. The molecule has 2 N–H and O–H groups in total. The van der Waals surface area contributed by atoms with Crippen LogP contribution < -0.4 is 10.5 Å². The molecule has 0 aliphatic carbocycles. The lowest BCUT2D eigenvalue weighted by molar-refractivity contribution is 0.410. The molecule has 100 valence electrons. The van der Waals surface area contributed by atoms with Crippen LogP contribution in [-0.4, -0.2) is 7.11 Å². The van der Waals surface area contributed by atoms with Gasteiger partial charge in [-0.3, -0.25) is 0 Å². The molecule has 0 bridgehead atoms. The molecule has 2 aromatic rings. The lowest BCUT2D eigenvalue weighted by Gasteiger charge is -2.11. The molecule has 0 aromatic heterocycles. The molecular weight excluding hydrogens is 234 g/mol. The average Bonchev–Trinajstić information content (AvgIpc) is 2.46. The average molecular weight is 255 g/mol. The summed E-state index contributed by atoms with van der Waals surface area (Å²) in [7, 11) is 1.67. The van der Waals surface area contributed by atoms with Crippen molar-refractivity contribution in [2.75, 3.05) is 7.11 Å². The minimum atomic E-state index is 0.487. The largest absolute Gasteiger partial charge is 0.496 e. The lowest BCUT2D eigenvalue weighted by atomic mass is 9.96. The predicted octanol–water partition coefficient (Wildman–Crippen LogP) is 3.94. The van der Waals surface area contributed by atoms with Crippen molar-refractivity contribution < 1.29 is 4.74 Å².